The molecule has 2 atom stereocenters. The molecule has 3 heteroatoms. The second-order valence-corrected chi connectivity index (χ2v) is 6.24. The molecule has 0 saturated carbocycles. The molecule has 21 heavy (non-hydrogen) atoms. The molecule has 0 aliphatic carbocycles. The van der Waals surface area contributed by atoms with Crippen LogP contribution in [0.1, 0.15) is 44.2 Å². The zero-order valence-corrected chi connectivity index (χ0v) is 13.4. The molecule has 1 fully saturated rings. The van der Waals surface area contributed by atoms with Gasteiger partial charge in [-0.25, -0.2) is 0 Å². The van der Waals surface area contributed by atoms with Crippen LogP contribution < -0.4 is 5.32 Å². The van der Waals surface area contributed by atoms with E-state index in [9.17, 15) is 4.79 Å². The van der Waals surface area contributed by atoms with Crippen LogP contribution in [0.15, 0.2) is 24.3 Å². The van der Waals surface area contributed by atoms with Gasteiger partial charge >= 0.3 is 0 Å². The number of carbonyl (C=O) groups excluding carboxylic acids is 1. The van der Waals surface area contributed by atoms with Crippen LogP contribution >= 0.6 is 0 Å². The zero-order valence-electron chi connectivity index (χ0n) is 13.4. The second-order valence-electron chi connectivity index (χ2n) is 6.24. The van der Waals surface area contributed by atoms with Crippen LogP contribution in [0.25, 0.3) is 0 Å². The zero-order chi connectivity index (χ0) is 15.2. The summed E-state index contributed by atoms with van der Waals surface area (Å²) in [4.78, 5) is 12.5. The van der Waals surface area contributed by atoms with Crippen molar-refractivity contribution in [1.82, 2.24) is 5.32 Å². The highest BCUT2D eigenvalue weighted by Crippen LogP contribution is 2.19. The largest absolute Gasteiger partial charge is 0.379 e. The monoisotopic (exact) mass is 289 g/mol. The molecular formula is C18H27NO2. The van der Waals surface area contributed by atoms with Crippen LogP contribution in [0, 0.1) is 5.92 Å². The minimum atomic E-state index is 0.00123. The fourth-order valence-corrected chi connectivity index (χ4v) is 2.76. The van der Waals surface area contributed by atoms with Crippen molar-refractivity contribution in [2.45, 2.75) is 45.6 Å². The summed E-state index contributed by atoms with van der Waals surface area (Å²) in [6.45, 7) is 8.66. The first-order valence-corrected chi connectivity index (χ1v) is 8.04. The molecule has 3 nitrogen and oxygen atoms in total. The number of rotatable bonds is 7. The molecule has 1 aromatic rings. The van der Waals surface area contributed by atoms with Gasteiger partial charge in [-0.1, -0.05) is 45.0 Å². The van der Waals surface area contributed by atoms with Gasteiger partial charge in [0.1, 0.15) is 5.78 Å². The Bertz CT molecular complexity index is 453. The Morgan fingerprint density at radius 2 is 2.00 bits per heavy atom. The number of hydrogen-bond donors (Lipinski definition) is 1. The van der Waals surface area contributed by atoms with Gasteiger partial charge in [-0.15, -0.1) is 0 Å². The molecule has 1 heterocycles. The maximum atomic E-state index is 12.5. The topological polar surface area (TPSA) is 38.3 Å². The van der Waals surface area contributed by atoms with E-state index in [1.807, 2.05) is 0 Å². The van der Waals surface area contributed by atoms with Crippen LogP contribution in [0.3, 0.4) is 0 Å². The van der Waals surface area contributed by atoms with Crippen molar-refractivity contribution in [2.24, 2.45) is 5.92 Å². The molecular weight excluding hydrogens is 262 g/mol. The van der Waals surface area contributed by atoms with Crippen LogP contribution in [-0.2, 0) is 16.0 Å². The van der Waals surface area contributed by atoms with Crippen molar-refractivity contribution in [2.75, 3.05) is 19.8 Å². The van der Waals surface area contributed by atoms with Crippen molar-refractivity contribution in [3.8, 4) is 0 Å². The summed E-state index contributed by atoms with van der Waals surface area (Å²) in [5.74, 6) is 0.820. The van der Waals surface area contributed by atoms with E-state index in [-0.39, 0.29) is 12.0 Å². The van der Waals surface area contributed by atoms with Crippen LogP contribution in [0.4, 0.5) is 0 Å². The normalized spacial score (nSPS) is 21.9. The minimum Gasteiger partial charge on any atom is -0.379 e. The van der Waals surface area contributed by atoms with Crippen LogP contribution in [0.5, 0.6) is 0 Å². The highest BCUT2D eigenvalue weighted by Gasteiger charge is 2.33. The standard InChI is InChI=1S/C18H27NO2/c1-4-9-19-17-12-21-11-16(17)18(20)10-14-5-7-15(8-6-14)13(2)3/h5-8,13,16-17,19H,4,9-12H2,1-3H3. The predicted molar refractivity (Wildman–Crippen MR) is 85.6 cm³/mol. The molecule has 1 aliphatic rings. The van der Waals surface area contributed by atoms with Gasteiger partial charge in [0.25, 0.3) is 0 Å². The van der Waals surface area contributed by atoms with E-state index in [2.05, 4.69) is 50.4 Å². The molecule has 0 aromatic heterocycles. The average molecular weight is 289 g/mol. The summed E-state index contributed by atoms with van der Waals surface area (Å²) in [7, 11) is 0. The Labute approximate surface area is 128 Å². The third kappa shape index (κ3) is 4.39. The summed E-state index contributed by atoms with van der Waals surface area (Å²) in [5, 5.41) is 3.43. The molecule has 1 saturated heterocycles. The van der Waals surface area contributed by atoms with Crippen molar-refractivity contribution in [3.63, 3.8) is 0 Å². The number of ether oxygens (including phenoxy) is 1. The molecule has 0 amide bonds. The molecule has 1 aromatic carbocycles. The summed E-state index contributed by atoms with van der Waals surface area (Å²) >= 11 is 0. The number of Topliss-reactive ketones (excluding diaryl/α,β-unsaturated/α-hetero) is 1. The fraction of sp³-hybridized carbons (Fsp3) is 0.611. The van der Waals surface area contributed by atoms with Gasteiger partial charge in [0, 0.05) is 12.5 Å². The maximum Gasteiger partial charge on any atom is 0.144 e. The summed E-state index contributed by atoms with van der Waals surface area (Å²) in [6, 6.07) is 8.61. The quantitative estimate of drug-likeness (QED) is 0.838. The van der Waals surface area contributed by atoms with Crippen LogP contribution in [0.2, 0.25) is 0 Å². The van der Waals surface area contributed by atoms with Gasteiger partial charge in [0.05, 0.1) is 19.1 Å². The van der Waals surface area contributed by atoms with Crippen molar-refractivity contribution in [3.05, 3.63) is 35.4 Å². The summed E-state index contributed by atoms with van der Waals surface area (Å²) < 4.78 is 5.49. The lowest BCUT2D eigenvalue weighted by molar-refractivity contribution is -0.122. The summed E-state index contributed by atoms with van der Waals surface area (Å²) in [6.07, 6.45) is 1.59. The molecule has 116 valence electrons. The third-order valence-electron chi connectivity index (χ3n) is 4.18. The lowest BCUT2D eigenvalue weighted by Gasteiger charge is -2.18. The van der Waals surface area contributed by atoms with Crippen LogP contribution in [-0.4, -0.2) is 31.6 Å². The first-order chi connectivity index (χ1) is 10.1. The maximum absolute atomic E-state index is 12.5. The minimum absolute atomic E-state index is 0.00123. The number of ketones is 1. The molecule has 1 N–H and O–H groups in total. The van der Waals surface area contributed by atoms with E-state index in [0.717, 1.165) is 18.5 Å². The molecule has 0 bridgehead atoms. The number of hydrogen-bond acceptors (Lipinski definition) is 3. The van der Waals surface area contributed by atoms with Gasteiger partial charge in [0.2, 0.25) is 0 Å². The highest BCUT2D eigenvalue weighted by molar-refractivity contribution is 5.84. The Balaban J connectivity index is 1.93. The second kappa shape index (κ2) is 7.71. The first-order valence-electron chi connectivity index (χ1n) is 8.04. The third-order valence-corrected chi connectivity index (χ3v) is 4.18. The Morgan fingerprint density at radius 1 is 1.29 bits per heavy atom. The van der Waals surface area contributed by atoms with Crippen molar-refractivity contribution in [1.29, 1.82) is 0 Å². The van der Waals surface area contributed by atoms with E-state index in [1.54, 1.807) is 0 Å². The smallest absolute Gasteiger partial charge is 0.144 e. The van der Waals surface area contributed by atoms with Crippen molar-refractivity contribution >= 4 is 5.78 Å². The van der Waals surface area contributed by atoms with E-state index in [1.165, 1.54) is 5.56 Å². The fourth-order valence-electron chi connectivity index (χ4n) is 2.76. The number of carbonyl (C=O) groups is 1. The molecule has 0 radical (unpaired) electrons. The lowest BCUT2D eigenvalue weighted by Crippen LogP contribution is -2.40. The molecule has 1 aliphatic heterocycles. The van der Waals surface area contributed by atoms with Gasteiger partial charge in [0.15, 0.2) is 0 Å². The van der Waals surface area contributed by atoms with E-state index in [0.29, 0.717) is 31.3 Å². The molecule has 2 unspecified atom stereocenters. The van der Waals surface area contributed by atoms with E-state index >= 15 is 0 Å². The number of benzene rings is 1. The highest BCUT2D eigenvalue weighted by atomic mass is 16.5. The van der Waals surface area contributed by atoms with Gasteiger partial charge in [-0.2, -0.15) is 0 Å². The first kappa shape index (κ1) is 16.2. The van der Waals surface area contributed by atoms with Gasteiger partial charge in [-0.05, 0) is 30.0 Å². The Kier molecular flexibility index (Phi) is 5.95. The lowest BCUT2D eigenvalue weighted by atomic mass is 9.92. The Morgan fingerprint density at radius 3 is 2.62 bits per heavy atom. The number of nitrogens with one attached hydrogen (secondary N) is 1. The van der Waals surface area contributed by atoms with Crippen molar-refractivity contribution < 1.29 is 9.53 Å². The SMILES string of the molecule is CCCNC1COCC1C(=O)Cc1ccc(C(C)C)cc1. The van der Waals surface area contributed by atoms with Gasteiger partial charge < -0.3 is 10.1 Å². The van der Waals surface area contributed by atoms with E-state index < -0.39 is 0 Å². The predicted octanol–water partition coefficient (Wildman–Crippen LogP) is 2.94. The Hall–Kier alpha value is -1.19. The molecule has 0 spiro atoms. The van der Waals surface area contributed by atoms with E-state index in [4.69, 9.17) is 4.74 Å². The van der Waals surface area contributed by atoms with Gasteiger partial charge in [-0.3, -0.25) is 4.79 Å². The average Bonchev–Trinajstić information content (AvgIpc) is 2.94. The summed E-state index contributed by atoms with van der Waals surface area (Å²) in [5.41, 5.74) is 2.42. The molecule has 2 rings (SSSR count).